The van der Waals surface area contributed by atoms with Gasteiger partial charge in [-0.25, -0.2) is 0 Å². The molecule has 0 saturated heterocycles. The molecule has 0 radical (unpaired) electrons. The minimum absolute atomic E-state index is 0.299. The first-order valence-corrected chi connectivity index (χ1v) is 9.28. The Balaban J connectivity index is 1.70. The predicted octanol–water partition coefficient (Wildman–Crippen LogP) is 3.97. The lowest BCUT2D eigenvalue weighted by Gasteiger charge is -2.50. The lowest BCUT2D eigenvalue weighted by Crippen LogP contribution is -2.46. The number of hydrogen-bond acceptors (Lipinski definition) is 3. The molecule has 23 heavy (non-hydrogen) atoms. The second-order valence-corrected chi connectivity index (χ2v) is 8.10. The van der Waals surface area contributed by atoms with Crippen LogP contribution in [-0.2, 0) is 6.42 Å². The molecule has 1 aromatic carbocycles. The zero-order valence-corrected chi connectivity index (χ0v) is 14.3. The fourth-order valence-corrected chi connectivity index (χ4v) is 5.90. The number of fused-ring (bicyclic) bond motifs is 5. The van der Waals surface area contributed by atoms with E-state index in [2.05, 4.69) is 13.0 Å². The van der Waals surface area contributed by atoms with Crippen LogP contribution in [-0.4, -0.2) is 17.8 Å². The molecule has 5 unspecified atom stereocenters. The van der Waals surface area contributed by atoms with Crippen LogP contribution in [0.2, 0.25) is 0 Å². The van der Waals surface area contributed by atoms with Gasteiger partial charge in [0.2, 0.25) is 0 Å². The molecule has 0 spiro atoms. The number of aryl methyl sites for hydroxylation is 1. The van der Waals surface area contributed by atoms with Crippen LogP contribution in [0.15, 0.2) is 12.1 Å². The Hall–Kier alpha value is -1.22. The summed E-state index contributed by atoms with van der Waals surface area (Å²) < 4.78 is 5.64. The number of ether oxygens (including phenoxy) is 1. The maximum atomic E-state index is 10.2. The second-order valence-electron chi connectivity index (χ2n) is 8.10. The number of hydrogen-bond donors (Lipinski definition) is 2. The van der Waals surface area contributed by atoms with Crippen molar-refractivity contribution in [3.63, 3.8) is 0 Å². The largest absolute Gasteiger partial charge is 0.504 e. The Morgan fingerprint density at radius 1 is 1.26 bits per heavy atom. The van der Waals surface area contributed by atoms with Crippen LogP contribution in [0.25, 0.3) is 0 Å². The first kappa shape index (κ1) is 15.3. The first-order valence-electron chi connectivity index (χ1n) is 9.28. The summed E-state index contributed by atoms with van der Waals surface area (Å²) in [5.41, 5.74) is 9.58. The lowest BCUT2D eigenvalue weighted by molar-refractivity contribution is 0.0495. The molecule has 3 N–H and O–H groups in total. The van der Waals surface area contributed by atoms with Gasteiger partial charge in [0.05, 0.1) is 6.61 Å². The van der Waals surface area contributed by atoms with Crippen molar-refractivity contribution >= 4 is 0 Å². The van der Waals surface area contributed by atoms with E-state index in [-0.39, 0.29) is 0 Å². The van der Waals surface area contributed by atoms with Crippen LogP contribution in [0, 0.1) is 17.3 Å². The number of aromatic hydroxyl groups is 1. The quantitative estimate of drug-likeness (QED) is 0.868. The third-order valence-electron chi connectivity index (χ3n) is 7.18. The summed E-state index contributed by atoms with van der Waals surface area (Å²) in [5.74, 6) is 3.11. The molecule has 0 aromatic heterocycles. The van der Waals surface area contributed by atoms with Crippen LogP contribution in [0.5, 0.6) is 11.5 Å². The summed E-state index contributed by atoms with van der Waals surface area (Å²) >= 11 is 0. The van der Waals surface area contributed by atoms with E-state index in [0.29, 0.717) is 35.5 Å². The van der Waals surface area contributed by atoms with Crippen molar-refractivity contribution in [2.75, 3.05) is 6.61 Å². The van der Waals surface area contributed by atoms with Gasteiger partial charge in [0.25, 0.3) is 0 Å². The Kier molecular flexibility index (Phi) is 3.60. The summed E-state index contributed by atoms with van der Waals surface area (Å²) in [5, 5.41) is 10.2. The smallest absolute Gasteiger partial charge is 0.161 e. The van der Waals surface area contributed by atoms with Crippen LogP contribution < -0.4 is 10.5 Å². The van der Waals surface area contributed by atoms with Gasteiger partial charge >= 0.3 is 0 Å². The molecule has 4 rings (SSSR count). The number of phenols is 1. The molecule has 5 atom stereocenters. The van der Waals surface area contributed by atoms with Crippen molar-refractivity contribution in [3.8, 4) is 11.5 Å². The van der Waals surface area contributed by atoms with Crippen molar-refractivity contribution in [1.82, 2.24) is 0 Å². The molecule has 2 saturated carbocycles. The minimum Gasteiger partial charge on any atom is -0.504 e. The molecule has 3 aliphatic rings. The number of nitrogens with two attached hydrogens (primary N) is 1. The Labute approximate surface area is 139 Å². The summed E-state index contributed by atoms with van der Waals surface area (Å²) in [6, 6.07) is 4.46. The van der Waals surface area contributed by atoms with Gasteiger partial charge < -0.3 is 15.6 Å². The van der Waals surface area contributed by atoms with E-state index in [1.165, 1.54) is 43.2 Å². The highest BCUT2D eigenvalue weighted by Crippen LogP contribution is 2.60. The fourth-order valence-electron chi connectivity index (χ4n) is 5.90. The van der Waals surface area contributed by atoms with E-state index in [1.54, 1.807) is 0 Å². The summed E-state index contributed by atoms with van der Waals surface area (Å²) in [6.45, 7) is 4.99. The van der Waals surface area contributed by atoms with Crippen molar-refractivity contribution in [2.45, 2.75) is 64.3 Å². The predicted molar refractivity (Wildman–Crippen MR) is 91.9 cm³/mol. The molecule has 3 heteroatoms. The highest BCUT2D eigenvalue weighted by atomic mass is 16.5. The van der Waals surface area contributed by atoms with Gasteiger partial charge in [-0.3, -0.25) is 0 Å². The van der Waals surface area contributed by atoms with Gasteiger partial charge in [-0.1, -0.05) is 6.92 Å². The Morgan fingerprint density at radius 2 is 2.09 bits per heavy atom. The van der Waals surface area contributed by atoms with Gasteiger partial charge in [-0.2, -0.15) is 0 Å². The monoisotopic (exact) mass is 315 g/mol. The molecule has 0 bridgehead atoms. The average Bonchev–Trinajstić information content (AvgIpc) is 2.84. The van der Waals surface area contributed by atoms with Crippen molar-refractivity contribution in [1.29, 1.82) is 0 Å². The molecule has 0 heterocycles. The lowest BCUT2D eigenvalue weighted by atomic mass is 9.55. The molecule has 0 amide bonds. The third-order valence-corrected chi connectivity index (χ3v) is 7.18. The Morgan fingerprint density at radius 3 is 2.87 bits per heavy atom. The van der Waals surface area contributed by atoms with Gasteiger partial charge in [0, 0.05) is 6.04 Å². The van der Waals surface area contributed by atoms with Gasteiger partial charge in [-0.15, -0.1) is 0 Å². The number of rotatable bonds is 2. The summed E-state index contributed by atoms with van der Waals surface area (Å²) in [6.07, 6.45) is 7.29. The van der Waals surface area contributed by atoms with Gasteiger partial charge in [0.1, 0.15) is 0 Å². The van der Waals surface area contributed by atoms with Gasteiger partial charge in [0.15, 0.2) is 11.5 Å². The minimum atomic E-state index is 0.299. The van der Waals surface area contributed by atoms with E-state index < -0.39 is 0 Å². The third kappa shape index (κ3) is 2.20. The van der Waals surface area contributed by atoms with E-state index in [9.17, 15) is 5.11 Å². The maximum absolute atomic E-state index is 10.2. The van der Waals surface area contributed by atoms with Crippen LogP contribution in [0.1, 0.15) is 63.0 Å². The number of phenolic OH excluding ortho intramolecular Hbond substituents is 1. The molecule has 2 fully saturated rings. The van der Waals surface area contributed by atoms with Gasteiger partial charge in [-0.05, 0) is 91.9 Å². The molecule has 3 nitrogen and oxygen atoms in total. The second kappa shape index (κ2) is 5.41. The molecule has 3 aliphatic carbocycles. The van der Waals surface area contributed by atoms with E-state index in [4.69, 9.17) is 10.5 Å². The normalized spacial score (nSPS) is 38.6. The molecular formula is C20H29NO2. The fraction of sp³-hybridized carbons (Fsp3) is 0.700. The zero-order valence-electron chi connectivity index (χ0n) is 14.3. The topological polar surface area (TPSA) is 55.5 Å². The highest BCUT2D eigenvalue weighted by molar-refractivity contribution is 5.49. The van der Waals surface area contributed by atoms with Crippen molar-refractivity contribution in [2.24, 2.45) is 23.0 Å². The van der Waals surface area contributed by atoms with E-state index >= 15 is 0 Å². The molecule has 1 aromatic rings. The average molecular weight is 315 g/mol. The van der Waals surface area contributed by atoms with Crippen LogP contribution >= 0.6 is 0 Å². The number of benzene rings is 1. The van der Waals surface area contributed by atoms with Crippen molar-refractivity contribution < 1.29 is 9.84 Å². The summed E-state index contributed by atoms with van der Waals surface area (Å²) in [4.78, 5) is 0. The van der Waals surface area contributed by atoms with Crippen LogP contribution in [0.3, 0.4) is 0 Å². The maximum Gasteiger partial charge on any atom is 0.161 e. The molecular weight excluding hydrogens is 286 g/mol. The van der Waals surface area contributed by atoms with Crippen molar-refractivity contribution in [3.05, 3.63) is 23.3 Å². The first-order chi connectivity index (χ1) is 11.0. The van der Waals surface area contributed by atoms with E-state index in [0.717, 1.165) is 18.3 Å². The zero-order chi connectivity index (χ0) is 16.2. The van der Waals surface area contributed by atoms with E-state index in [1.807, 2.05) is 13.0 Å². The molecule has 126 valence electrons. The summed E-state index contributed by atoms with van der Waals surface area (Å²) in [7, 11) is 0. The highest BCUT2D eigenvalue weighted by Gasteiger charge is 2.53. The van der Waals surface area contributed by atoms with Crippen LogP contribution in [0.4, 0.5) is 0 Å². The molecule has 0 aliphatic heterocycles. The SMILES string of the molecule is CCOc1cc2c(cc1O)CCC1C2CCC2(C)C(N)CCC12. The standard InChI is InChI=1S/C20H29NO2/c1-3-23-18-11-15-12(10-17(18)22)4-5-14-13(15)8-9-20(2)16(14)6-7-19(20)21/h10-11,13-14,16,19,22H,3-9,21H2,1-2H3. The Bertz CT molecular complexity index is 614.